The second-order valence-electron chi connectivity index (χ2n) is 5.93. The highest BCUT2D eigenvalue weighted by atomic mass is 19.1. The molecule has 1 heterocycles. The molecule has 0 saturated heterocycles. The third-order valence-corrected chi connectivity index (χ3v) is 3.86. The average Bonchev–Trinajstić information content (AvgIpc) is 2.61. The molecule has 132 valence electrons. The van der Waals surface area contributed by atoms with Gasteiger partial charge in [-0.25, -0.2) is 13.8 Å². The first-order valence-corrected chi connectivity index (χ1v) is 8.00. The number of carbonyl (C=O) groups is 1. The van der Waals surface area contributed by atoms with Gasteiger partial charge in [0.1, 0.15) is 23.0 Å². The predicted octanol–water partition coefficient (Wildman–Crippen LogP) is 4.97. The van der Waals surface area contributed by atoms with Crippen LogP contribution in [-0.2, 0) is 0 Å². The van der Waals surface area contributed by atoms with Crippen LogP contribution in [0, 0.1) is 25.5 Å². The Hall–Kier alpha value is -3.28. The van der Waals surface area contributed by atoms with Gasteiger partial charge in [0, 0.05) is 5.69 Å². The van der Waals surface area contributed by atoms with Crippen LogP contribution < -0.4 is 10.6 Å². The summed E-state index contributed by atoms with van der Waals surface area (Å²) in [5.41, 5.74) is 3.45. The number of pyridine rings is 1. The molecule has 1 amide bonds. The SMILES string of the molecule is Cc1ccc(Nc2ccc(C(=O)Nc3c(F)cccc3F)nc2)c(C)c1. The topological polar surface area (TPSA) is 54.0 Å². The van der Waals surface area contributed by atoms with Crippen LogP contribution in [-0.4, -0.2) is 10.9 Å². The maximum absolute atomic E-state index is 13.6. The molecule has 0 bridgehead atoms. The number of aryl methyl sites for hydroxylation is 2. The Balaban J connectivity index is 1.74. The third kappa shape index (κ3) is 3.85. The smallest absolute Gasteiger partial charge is 0.274 e. The fourth-order valence-corrected chi connectivity index (χ4v) is 2.51. The quantitative estimate of drug-likeness (QED) is 0.696. The van der Waals surface area contributed by atoms with E-state index < -0.39 is 23.2 Å². The third-order valence-electron chi connectivity index (χ3n) is 3.86. The number of para-hydroxylation sites is 1. The van der Waals surface area contributed by atoms with Crippen LogP contribution >= 0.6 is 0 Å². The van der Waals surface area contributed by atoms with Crippen molar-refractivity contribution in [2.45, 2.75) is 13.8 Å². The van der Waals surface area contributed by atoms with Crippen LogP contribution in [0.4, 0.5) is 25.8 Å². The molecule has 0 unspecified atom stereocenters. The van der Waals surface area contributed by atoms with Crippen molar-refractivity contribution in [1.29, 1.82) is 0 Å². The summed E-state index contributed by atoms with van der Waals surface area (Å²) in [6.07, 6.45) is 1.49. The van der Waals surface area contributed by atoms with Crippen LogP contribution in [0.1, 0.15) is 21.6 Å². The Kier molecular flexibility index (Phi) is 4.93. The van der Waals surface area contributed by atoms with Crippen molar-refractivity contribution >= 4 is 23.0 Å². The maximum Gasteiger partial charge on any atom is 0.274 e. The van der Waals surface area contributed by atoms with Crippen LogP contribution in [0.3, 0.4) is 0 Å². The van der Waals surface area contributed by atoms with Crippen molar-refractivity contribution in [3.8, 4) is 0 Å². The predicted molar refractivity (Wildman–Crippen MR) is 97.7 cm³/mol. The Morgan fingerprint density at radius 2 is 1.73 bits per heavy atom. The standard InChI is InChI=1S/C20H17F2N3O/c1-12-6-8-17(13(2)10-12)24-14-7-9-18(23-11-14)20(26)25-19-15(21)4-3-5-16(19)22/h3-11,24H,1-2H3,(H,25,26). The van der Waals surface area contributed by atoms with Crippen LogP contribution in [0.25, 0.3) is 0 Å². The molecule has 0 aliphatic rings. The summed E-state index contributed by atoms with van der Waals surface area (Å²) in [5.74, 6) is -2.37. The van der Waals surface area contributed by atoms with E-state index in [2.05, 4.69) is 21.7 Å². The summed E-state index contributed by atoms with van der Waals surface area (Å²) in [6.45, 7) is 4.01. The molecule has 2 N–H and O–H groups in total. The van der Waals surface area contributed by atoms with Gasteiger partial charge in [-0.15, -0.1) is 0 Å². The summed E-state index contributed by atoms with van der Waals surface area (Å²) in [7, 11) is 0. The summed E-state index contributed by atoms with van der Waals surface area (Å²) in [4.78, 5) is 16.2. The Bertz CT molecular complexity index is 936. The number of halogens is 2. The van der Waals surface area contributed by atoms with Gasteiger partial charge in [0.2, 0.25) is 0 Å². The molecule has 26 heavy (non-hydrogen) atoms. The number of hydrogen-bond donors (Lipinski definition) is 2. The molecule has 1 aromatic heterocycles. The molecule has 0 aliphatic carbocycles. The lowest BCUT2D eigenvalue weighted by atomic mass is 10.1. The number of nitrogens with zero attached hydrogens (tertiary/aromatic N) is 1. The van der Waals surface area contributed by atoms with Gasteiger partial charge in [-0.05, 0) is 49.7 Å². The van der Waals surface area contributed by atoms with E-state index in [4.69, 9.17) is 0 Å². The molecule has 4 nitrogen and oxygen atoms in total. The molecule has 0 saturated carbocycles. The number of benzene rings is 2. The molecule has 3 aromatic rings. The number of hydrogen-bond acceptors (Lipinski definition) is 3. The van der Waals surface area contributed by atoms with Gasteiger partial charge in [-0.1, -0.05) is 23.8 Å². The van der Waals surface area contributed by atoms with E-state index in [0.29, 0.717) is 5.69 Å². The fraction of sp³-hybridized carbons (Fsp3) is 0.100. The van der Waals surface area contributed by atoms with E-state index >= 15 is 0 Å². The summed E-state index contributed by atoms with van der Waals surface area (Å²) in [6, 6.07) is 12.6. The lowest BCUT2D eigenvalue weighted by Gasteiger charge is -2.11. The van der Waals surface area contributed by atoms with E-state index in [-0.39, 0.29) is 5.69 Å². The highest BCUT2D eigenvalue weighted by Crippen LogP contribution is 2.22. The van der Waals surface area contributed by atoms with E-state index in [9.17, 15) is 13.6 Å². The number of amides is 1. The van der Waals surface area contributed by atoms with Gasteiger partial charge >= 0.3 is 0 Å². The first-order chi connectivity index (χ1) is 12.4. The van der Waals surface area contributed by atoms with Gasteiger partial charge < -0.3 is 10.6 Å². The summed E-state index contributed by atoms with van der Waals surface area (Å²) in [5, 5.41) is 5.43. The first-order valence-electron chi connectivity index (χ1n) is 8.00. The molecule has 3 rings (SSSR count). The van der Waals surface area contributed by atoms with Crippen molar-refractivity contribution in [3.05, 3.63) is 83.2 Å². The molecule has 0 fully saturated rings. The number of carbonyl (C=O) groups excluding carboxylic acids is 1. The minimum atomic E-state index is -0.841. The normalized spacial score (nSPS) is 10.5. The zero-order chi connectivity index (χ0) is 18.7. The zero-order valence-electron chi connectivity index (χ0n) is 14.3. The largest absolute Gasteiger partial charge is 0.354 e. The lowest BCUT2D eigenvalue weighted by Crippen LogP contribution is -2.15. The van der Waals surface area contributed by atoms with Crippen LogP contribution in [0.15, 0.2) is 54.7 Å². The molecule has 0 spiro atoms. The fourth-order valence-electron chi connectivity index (χ4n) is 2.51. The van der Waals surface area contributed by atoms with E-state index in [0.717, 1.165) is 23.4 Å². The molecular weight excluding hydrogens is 336 g/mol. The van der Waals surface area contributed by atoms with Gasteiger partial charge in [0.05, 0.1) is 11.9 Å². The molecule has 0 atom stereocenters. The van der Waals surface area contributed by atoms with Gasteiger partial charge in [0.25, 0.3) is 5.91 Å². The summed E-state index contributed by atoms with van der Waals surface area (Å²) < 4.78 is 27.2. The Labute approximate surface area is 149 Å². The molecular formula is C20H17F2N3O. The van der Waals surface area contributed by atoms with Crippen molar-refractivity contribution in [3.63, 3.8) is 0 Å². The average molecular weight is 353 g/mol. The van der Waals surface area contributed by atoms with Crippen molar-refractivity contribution in [2.24, 2.45) is 0 Å². The van der Waals surface area contributed by atoms with E-state index in [1.54, 1.807) is 6.07 Å². The van der Waals surface area contributed by atoms with E-state index in [1.807, 2.05) is 26.0 Å². The number of anilines is 3. The van der Waals surface area contributed by atoms with Crippen molar-refractivity contribution in [1.82, 2.24) is 4.98 Å². The molecule has 2 aromatic carbocycles. The van der Waals surface area contributed by atoms with Gasteiger partial charge in [0.15, 0.2) is 0 Å². The number of rotatable bonds is 4. The second-order valence-corrected chi connectivity index (χ2v) is 5.93. The number of nitrogens with one attached hydrogen (secondary N) is 2. The van der Waals surface area contributed by atoms with Crippen LogP contribution in [0.5, 0.6) is 0 Å². The second kappa shape index (κ2) is 7.31. The lowest BCUT2D eigenvalue weighted by molar-refractivity contribution is 0.102. The minimum Gasteiger partial charge on any atom is -0.354 e. The zero-order valence-corrected chi connectivity index (χ0v) is 14.3. The molecule has 6 heteroatoms. The van der Waals surface area contributed by atoms with Gasteiger partial charge in [-0.2, -0.15) is 0 Å². The minimum absolute atomic E-state index is 0.0545. The monoisotopic (exact) mass is 353 g/mol. The highest BCUT2D eigenvalue weighted by molar-refractivity contribution is 6.03. The van der Waals surface area contributed by atoms with E-state index in [1.165, 1.54) is 23.9 Å². The van der Waals surface area contributed by atoms with Gasteiger partial charge in [-0.3, -0.25) is 4.79 Å². The van der Waals surface area contributed by atoms with Crippen molar-refractivity contribution < 1.29 is 13.6 Å². The molecule has 0 aliphatic heterocycles. The summed E-state index contributed by atoms with van der Waals surface area (Å²) >= 11 is 0. The number of aromatic nitrogens is 1. The Morgan fingerprint density at radius 3 is 2.35 bits per heavy atom. The van der Waals surface area contributed by atoms with Crippen LogP contribution in [0.2, 0.25) is 0 Å². The molecule has 0 radical (unpaired) electrons. The first kappa shape index (κ1) is 17.5. The maximum atomic E-state index is 13.6. The Morgan fingerprint density at radius 1 is 1.00 bits per heavy atom. The highest BCUT2D eigenvalue weighted by Gasteiger charge is 2.14. The van der Waals surface area contributed by atoms with Crippen molar-refractivity contribution in [2.75, 3.05) is 10.6 Å².